The number of imide groups is 1. The van der Waals surface area contributed by atoms with Crippen LogP contribution in [0.25, 0.3) is 10.8 Å². The van der Waals surface area contributed by atoms with Crippen molar-refractivity contribution >= 4 is 57.2 Å². The van der Waals surface area contributed by atoms with E-state index in [0.717, 1.165) is 32.5 Å². The minimum Gasteiger partial charge on any atom is -0.350 e. The number of halogens is 1. The number of amides is 3. The number of hydrogen-bond acceptors (Lipinski definition) is 4. The lowest BCUT2D eigenvalue weighted by atomic mass is 10.1. The SMILES string of the molecule is Cc1ccc(N2C(=O)C(Cl)=C(Nc3ccc(C(=O)Nc4cccc5ccccc45)cc3)C2=O)cc1C. The lowest BCUT2D eigenvalue weighted by Crippen LogP contribution is -2.32. The fourth-order valence-electron chi connectivity index (χ4n) is 4.09. The fraction of sp³-hybridized carbons (Fsp3) is 0.0690. The van der Waals surface area contributed by atoms with Gasteiger partial charge in [0.25, 0.3) is 17.7 Å². The van der Waals surface area contributed by atoms with E-state index in [1.807, 2.05) is 62.4 Å². The van der Waals surface area contributed by atoms with Crippen LogP contribution in [0, 0.1) is 13.8 Å². The van der Waals surface area contributed by atoms with E-state index >= 15 is 0 Å². The van der Waals surface area contributed by atoms with Gasteiger partial charge >= 0.3 is 0 Å². The molecule has 0 aliphatic carbocycles. The van der Waals surface area contributed by atoms with Crippen molar-refractivity contribution in [1.82, 2.24) is 0 Å². The molecule has 178 valence electrons. The van der Waals surface area contributed by atoms with Crippen LogP contribution in [-0.4, -0.2) is 17.7 Å². The van der Waals surface area contributed by atoms with Crippen molar-refractivity contribution in [2.24, 2.45) is 0 Å². The zero-order valence-electron chi connectivity index (χ0n) is 19.6. The normalized spacial score (nSPS) is 13.5. The fourth-order valence-corrected chi connectivity index (χ4v) is 4.30. The molecule has 36 heavy (non-hydrogen) atoms. The number of rotatable bonds is 5. The Kier molecular flexibility index (Phi) is 6.04. The molecule has 6 nitrogen and oxygen atoms in total. The zero-order valence-corrected chi connectivity index (χ0v) is 20.4. The third kappa shape index (κ3) is 4.23. The van der Waals surface area contributed by atoms with E-state index in [0.29, 0.717) is 16.9 Å². The van der Waals surface area contributed by atoms with Gasteiger partial charge in [0.15, 0.2) is 0 Å². The molecule has 5 rings (SSSR count). The highest BCUT2D eigenvalue weighted by molar-refractivity contribution is 6.53. The lowest BCUT2D eigenvalue weighted by Gasteiger charge is -2.16. The Morgan fingerprint density at radius 3 is 2.28 bits per heavy atom. The van der Waals surface area contributed by atoms with Gasteiger partial charge in [-0.1, -0.05) is 54.1 Å². The molecule has 2 N–H and O–H groups in total. The average molecular weight is 496 g/mol. The molecular formula is C29H22ClN3O3. The molecule has 0 fully saturated rings. The summed E-state index contributed by atoms with van der Waals surface area (Å²) in [5.41, 5.74) is 4.16. The van der Waals surface area contributed by atoms with Gasteiger partial charge in [0, 0.05) is 22.3 Å². The maximum atomic E-state index is 13.0. The number of hydrogen-bond donors (Lipinski definition) is 2. The predicted molar refractivity (Wildman–Crippen MR) is 143 cm³/mol. The number of nitrogens with zero attached hydrogens (tertiary/aromatic N) is 1. The molecule has 1 aliphatic heterocycles. The third-order valence-corrected chi connectivity index (χ3v) is 6.58. The van der Waals surface area contributed by atoms with Gasteiger partial charge in [-0.3, -0.25) is 14.4 Å². The van der Waals surface area contributed by atoms with Gasteiger partial charge in [-0.05, 0) is 72.8 Å². The second-order valence-corrected chi connectivity index (χ2v) is 8.96. The summed E-state index contributed by atoms with van der Waals surface area (Å²) in [6.45, 7) is 3.87. The highest BCUT2D eigenvalue weighted by Gasteiger charge is 2.39. The Bertz CT molecular complexity index is 1570. The summed E-state index contributed by atoms with van der Waals surface area (Å²) < 4.78 is 0. The summed E-state index contributed by atoms with van der Waals surface area (Å²) in [6, 6.07) is 25.5. The summed E-state index contributed by atoms with van der Waals surface area (Å²) in [6.07, 6.45) is 0. The monoisotopic (exact) mass is 495 g/mol. The number of carbonyl (C=O) groups excluding carboxylic acids is 3. The minimum atomic E-state index is -0.585. The van der Waals surface area contributed by atoms with Gasteiger partial charge in [0.2, 0.25) is 0 Å². The summed E-state index contributed by atoms with van der Waals surface area (Å²) in [4.78, 5) is 39.7. The summed E-state index contributed by atoms with van der Waals surface area (Å²) in [5.74, 6) is -1.38. The summed E-state index contributed by atoms with van der Waals surface area (Å²) in [5, 5.41) is 7.69. The topological polar surface area (TPSA) is 78.5 Å². The van der Waals surface area contributed by atoms with Crippen LogP contribution in [0.15, 0.2) is 95.7 Å². The van der Waals surface area contributed by atoms with Gasteiger partial charge in [-0.15, -0.1) is 0 Å². The highest BCUT2D eigenvalue weighted by Crippen LogP contribution is 2.31. The van der Waals surface area contributed by atoms with Crippen molar-refractivity contribution in [2.45, 2.75) is 13.8 Å². The van der Waals surface area contributed by atoms with Crippen LogP contribution in [0.1, 0.15) is 21.5 Å². The van der Waals surface area contributed by atoms with E-state index in [2.05, 4.69) is 10.6 Å². The molecule has 3 amide bonds. The third-order valence-electron chi connectivity index (χ3n) is 6.23. The zero-order chi connectivity index (χ0) is 25.4. The molecule has 0 radical (unpaired) electrons. The van der Waals surface area contributed by atoms with Crippen molar-refractivity contribution in [3.63, 3.8) is 0 Å². The number of anilines is 3. The molecule has 0 aromatic heterocycles. The molecule has 1 heterocycles. The van der Waals surface area contributed by atoms with Crippen molar-refractivity contribution in [3.05, 3.63) is 112 Å². The molecule has 1 aliphatic rings. The maximum Gasteiger partial charge on any atom is 0.283 e. The van der Waals surface area contributed by atoms with E-state index in [9.17, 15) is 14.4 Å². The van der Waals surface area contributed by atoms with Gasteiger partial charge in [0.1, 0.15) is 10.7 Å². The Morgan fingerprint density at radius 1 is 0.806 bits per heavy atom. The molecular weight excluding hydrogens is 474 g/mol. The number of fused-ring (bicyclic) bond motifs is 1. The molecule has 0 saturated carbocycles. The van der Waals surface area contributed by atoms with E-state index in [1.165, 1.54) is 0 Å². The van der Waals surface area contributed by atoms with Crippen LogP contribution < -0.4 is 15.5 Å². The van der Waals surface area contributed by atoms with E-state index in [1.54, 1.807) is 36.4 Å². The van der Waals surface area contributed by atoms with Gasteiger partial charge < -0.3 is 10.6 Å². The Balaban J connectivity index is 1.32. The number of aryl methyl sites for hydroxylation is 2. The quantitative estimate of drug-likeness (QED) is 0.326. The number of benzene rings is 4. The van der Waals surface area contributed by atoms with E-state index in [4.69, 9.17) is 11.6 Å². The minimum absolute atomic E-state index is 0.00662. The van der Waals surface area contributed by atoms with Gasteiger partial charge in [0.05, 0.1) is 5.69 Å². The van der Waals surface area contributed by atoms with Crippen LogP contribution in [0.5, 0.6) is 0 Å². The summed E-state index contributed by atoms with van der Waals surface area (Å²) in [7, 11) is 0. The first-order valence-electron chi connectivity index (χ1n) is 11.4. The molecule has 4 aromatic rings. The van der Waals surface area contributed by atoms with E-state index < -0.39 is 11.8 Å². The van der Waals surface area contributed by atoms with Gasteiger partial charge in [-0.25, -0.2) is 4.90 Å². The second kappa shape index (κ2) is 9.32. The Labute approximate surface area is 213 Å². The van der Waals surface area contributed by atoms with Crippen molar-refractivity contribution < 1.29 is 14.4 Å². The van der Waals surface area contributed by atoms with Crippen LogP contribution >= 0.6 is 11.6 Å². The van der Waals surface area contributed by atoms with Crippen molar-refractivity contribution in [3.8, 4) is 0 Å². The average Bonchev–Trinajstić information content (AvgIpc) is 3.09. The molecule has 0 atom stereocenters. The molecule has 7 heteroatoms. The van der Waals surface area contributed by atoms with Crippen molar-refractivity contribution in [1.29, 1.82) is 0 Å². The van der Waals surface area contributed by atoms with Crippen LogP contribution in [0.2, 0.25) is 0 Å². The van der Waals surface area contributed by atoms with Crippen LogP contribution in [-0.2, 0) is 9.59 Å². The first kappa shape index (κ1) is 23.3. The number of carbonyl (C=O) groups is 3. The smallest absolute Gasteiger partial charge is 0.283 e. The molecule has 4 aromatic carbocycles. The van der Waals surface area contributed by atoms with Gasteiger partial charge in [-0.2, -0.15) is 0 Å². The van der Waals surface area contributed by atoms with E-state index in [-0.39, 0.29) is 16.6 Å². The standard InChI is InChI=1S/C29H22ClN3O3/c1-17-10-15-22(16-18(17)2)33-28(35)25(30)26(29(33)36)31-21-13-11-20(12-14-21)27(34)32-24-9-5-7-19-6-3-4-8-23(19)24/h3-16,31H,1-2H3,(H,32,34). The Hall–Kier alpha value is -4.42. The van der Waals surface area contributed by atoms with Crippen LogP contribution in [0.4, 0.5) is 17.1 Å². The molecule has 0 saturated heterocycles. The Morgan fingerprint density at radius 2 is 1.53 bits per heavy atom. The van der Waals surface area contributed by atoms with Crippen molar-refractivity contribution in [2.75, 3.05) is 15.5 Å². The first-order valence-corrected chi connectivity index (χ1v) is 11.7. The summed E-state index contributed by atoms with van der Waals surface area (Å²) >= 11 is 6.25. The maximum absolute atomic E-state index is 13.0. The molecule has 0 bridgehead atoms. The van der Waals surface area contributed by atoms with Crippen LogP contribution in [0.3, 0.4) is 0 Å². The first-order chi connectivity index (χ1) is 17.3. The highest BCUT2D eigenvalue weighted by atomic mass is 35.5. The lowest BCUT2D eigenvalue weighted by molar-refractivity contribution is -0.120. The predicted octanol–water partition coefficient (Wildman–Crippen LogP) is 6.14. The largest absolute Gasteiger partial charge is 0.350 e. The second-order valence-electron chi connectivity index (χ2n) is 8.59. The molecule has 0 unspecified atom stereocenters. The molecule has 0 spiro atoms. The number of nitrogens with one attached hydrogen (secondary N) is 2.